The third-order valence-corrected chi connectivity index (χ3v) is 5.35. The monoisotopic (exact) mass is 420 g/mol. The van der Waals surface area contributed by atoms with Gasteiger partial charge >= 0.3 is 0 Å². The van der Waals surface area contributed by atoms with E-state index in [0.717, 1.165) is 11.3 Å². The van der Waals surface area contributed by atoms with Gasteiger partial charge in [-0.3, -0.25) is 0 Å². The van der Waals surface area contributed by atoms with Gasteiger partial charge in [0.2, 0.25) is 5.16 Å². The van der Waals surface area contributed by atoms with Crippen LogP contribution < -0.4 is 4.74 Å². The number of rotatable bonds is 9. The molecule has 0 spiro atoms. The van der Waals surface area contributed by atoms with Crippen molar-refractivity contribution in [1.29, 1.82) is 0 Å². The maximum absolute atomic E-state index is 10.3. The lowest BCUT2D eigenvalue weighted by Gasteiger charge is -2.16. The van der Waals surface area contributed by atoms with E-state index in [2.05, 4.69) is 15.5 Å². The van der Waals surface area contributed by atoms with E-state index in [1.807, 2.05) is 55.5 Å². The summed E-state index contributed by atoms with van der Waals surface area (Å²) in [5, 5.41) is 23.3. The maximum Gasteiger partial charge on any atom is 0.214 e. The van der Waals surface area contributed by atoms with Gasteiger partial charge in [-0.1, -0.05) is 47.6 Å². The van der Waals surface area contributed by atoms with Gasteiger partial charge in [-0.2, -0.15) is 4.68 Å². The quantitative estimate of drug-likeness (QED) is 0.530. The Kier molecular flexibility index (Phi) is 7.27. The minimum atomic E-state index is -0.664. The number of hydrogen-bond acceptors (Lipinski definition) is 7. The second-order valence-electron chi connectivity index (χ2n) is 6.04. The number of aliphatic hydroxyl groups excluding tert-OH is 1. The second-order valence-corrected chi connectivity index (χ2v) is 7.46. The van der Waals surface area contributed by atoms with Crippen molar-refractivity contribution in [2.45, 2.75) is 24.3 Å². The van der Waals surface area contributed by atoms with Crippen molar-refractivity contribution in [3.8, 4) is 11.4 Å². The van der Waals surface area contributed by atoms with Gasteiger partial charge in [0.05, 0.1) is 25.9 Å². The van der Waals surface area contributed by atoms with Crippen LogP contribution in [0.2, 0.25) is 5.02 Å². The van der Waals surface area contributed by atoms with Crippen LogP contribution >= 0.6 is 23.4 Å². The number of tetrazole rings is 1. The summed E-state index contributed by atoms with van der Waals surface area (Å²) in [6.45, 7) is 2.14. The molecule has 3 rings (SSSR count). The van der Waals surface area contributed by atoms with Crippen molar-refractivity contribution < 1.29 is 14.6 Å². The minimum absolute atomic E-state index is 0.143. The maximum atomic E-state index is 10.3. The third-order valence-electron chi connectivity index (χ3n) is 4.04. The SMILES string of the molecule is COc1ccccc1-n1nnnc1SC[C@H](O)CO[C@@H](C)c1ccc(Cl)cc1. The lowest BCUT2D eigenvalue weighted by atomic mass is 10.1. The molecule has 2 aromatic carbocycles. The molecule has 9 heteroatoms. The molecule has 0 aliphatic carbocycles. The smallest absolute Gasteiger partial charge is 0.214 e. The van der Waals surface area contributed by atoms with Crippen LogP contribution in [0.5, 0.6) is 5.75 Å². The van der Waals surface area contributed by atoms with E-state index in [4.69, 9.17) is 21.1 Å². The van der Waals surface area contributed by atoms with Crippen molar-refractivity contribution in [2.75, 3.05) is 19.5 Å². The Morgan fingerprint density at radius 3 is 2.68 bits per heavy atom. The number of para-hydroxylation sites is 2. The molecule has 0 amide bonds. The summed E-state index contributed by atoms with van der Waals surface area (Å²) in [5.74, 6) is 1.06. The van der Waals surface area contributed by atoms with Gasteiger partial charge in [0.15, 0.2) is 0 Å². The van der Waals surface area contributed by atoms with Crippen LogP contribution in [0, 0.1) is 0 Å². The topological polar surface area (TPSA) is 82.3 Å². The average Bonchev–Trinajstić information content (AvgIpc) is 3.19. The first-order chi connectivity index (χ1) is 13.6. The number of methoxy groups -OCH3 is 1. The van der Waals surface area contributed by atoms with Crippen LogP contribution in [-0.4, -0.2) is 50.9 Å². The van der Waals surface area contributed by atoms with Gasteiger partial charge in [0.1, 0.15) is 11.4 Å². The summed E-state index contributed by atoms with van der Waals surface area (Å²) in [5.41, 5.74) is 1.74. The summed E-state index contributed by atoms with van der Waals surface area (Å²) in [6.07, 6.45) is -0.807. The van der Waals surface area contributed by atoms with E-state index in [1.54, 1.807) is 11.8 Å². The van der Waals surface area contributed by atoms with E-state index in [9.17, 15) is 5.11 Å². The first-order valence-corrected chi connectivity index (χ1v) is 10.0. The molecular formula is C19H21ClN4O3S. The Morgan fingerprint density at radius 1 is 1.18 bits per heavy atom. The number of thioether (sulfide) groups is 1. The van der Waals surface area contributed by atoms with Crippen molar-refractivity contribution in [3.05, 3.63) is 59.1 Å². The van der Waals surface area contributed by atoms with E-state index < -0.39 is 6.10 Å². The van der Waals surface area contributed by atoms with Crippen LogP contribution in [-0.2, 0) is 4.74 Å². The first-order valence-electron chi connectivity index (χ1n) is 8.68. The number of aliphatic hydroxyl groups is 1. The predicted molar refractivity (Wildman–Crippen MR) is 108 cm³/mol. The molecule has 0 saturated heterocycles. The average molecular weight is 421 g/mol. The Bertz CT molecular complexity index is 891. The molecule has 2 atom stereocenters. The van der Waals surface area contributed by atoms with Crippen LogP contribution in [0.25, 0.3) is 5.69 Å². The zero-order chi connectivity index (χ0) is 19.9. The van der Waals surface area contributed by atoms with Crippen LogP contribution in [0.4, 0.5) is 0 Å². The van der Waals surface area contributed by atoms with Gasteiger partial charge in [-0.05, 0) is 47.2 Å². The Morgan fingerprint density at radius 2 is 1.93 bits per heavy atom. The van der Waals surface area contributed by atoms with Crippen LogP contribution in [0.1, 0.15) is 18.6 Å². The van der Waals surface area contributed by atoms with Crippen molar-refractivity contribution in [2.24, 2.45) is 0 Å². The normalized spacial score (nSPS) is 13.3. The summed E-state index contributed by atoms with van der Waals surface area (Å²) in [6, 6.07) is 14.9. The predicted octanol–water partition coefficient (Wildman–Crippen LogP) is 3.56. The molecule has 0 aliphatic heterocycles. The van der Waals surface area contributed by atoms with Gasteiger partial charge in [-0.25, -0.2) is 0 Å². The second kappa shape index (κ2) is 9.88. The molecule has 0 aliphatic rings. The highest BCUT2D eigenvalue weighted by Crippen LogP contribution is 2.26. The highest BCUT2D eigenvalue weighted by atomic mass is 35.5. The fourth-order valence-electron chi connectivity index (χ4n) is 2.53. The largest absolute Gasteiger partial charge is 0.494 e. The van der Waals surface area contributed by atoms with Crippen LogP contribution in [0.15, 0.2) is 53.7 Å². The summed E-state index contributed by atoms with van der Waals surface area (Å²) < 4.78 is 12.7. The minimum Gasteiger partial charge on any atom is -0.494 e. The molecule has 1 N–H and O–H groups in total. The van der Waals surface area contributed by atoms with E-state index in [1.165, 1.54) is 11.8 Å². The summed E-state index contributed by atoms with van der Waals surface area (Å²) in [4.78, 5) is 0. The molecule has 0 unspecified atom stereocenters. The molecular weight excluding hydrogens is 400 g/mol. The molecule has 28 heavy (non-hydrogen) atoms. The molecule has 148 valence electrons. The van der Waals surface area contributed by atoms with E-state index in [-0.39, 0.29) is 12.7 Å². The van der Waals surface area contributed by atoms with Gasteiger partial charge in [0, 0.05) is 10.8 Å². The van der Waals surface area contributed by atoms with Crippen molar-refractivity contribution >= 4 is 23.4 Å². The molecule has 1 heterocycles. The molecule has 7 nitrogen and oxygen atoms in total. The third kappa shape index (κ3) is 5.23. The van der Waals surface area contributed by atoms with Crippen molar-refractivity contribution in [3.63, 3.8) is 0 Å². The number of benzene rings is 2. The summed E-state index contributed by atoms with van der Waals surface area (Å²) in [7, 11) is 1.60. The fraction of sp³-hybridized carbons (Fsp3) is 0.316. The lowest BCUT2D eigenvalue weighted by molar-refractivity contribution is 0.00621. The van der Waals surface area contributed by atoms with Crippen LogP contribution in [0.3, 0.4) is 0 Å². The fourth-order valence-corrected chi connectivity index (χ4v) is 3.44. The molecule has 0 bridgehead atoms. The number of ether oxygens (including phenoxy) is 2. The van der Waals surface area contributed by atoms with E-state index >= 15 is 0 Å². The van der Waals surface area contributed by atoms with Gasteiger partial charge < -0.3 is 14.6 Å². The number of nitrogens with zero attached hydrogens (tertiary/aromatic N) is 4. The van der Waals surface area contributed by atoms with E-state index in [0.29, 0.717) is 21.7 Å². The number of aromatic nitrogens is 4. The molecule has 0 saturated carbocycles. The zero-order valence-electron chi connectivity index (χ0n) is 15.5. The molecule has 0 radical (unpaired) electrons. The molecule has 3 aromatic rings. The highest BCUT2D eigenvalue weighted by molar-refractivity contribution is 7.99. The Labute approximate surface area is 172 Å². The summed E-state index contributed by atoms with van der Waals surface area (Å²) >= 11 is 7.25. The van der Waals surface area contributed by atoms with Gasteiger partial charge in [-0.15, -0.1) is 5.10 Å². The Hall–Kier alpha value is -2.13. The highest BCUT2D eigenvalue weighted by Gasteiger charge is 2.16. The number of halogens is 1. The lowest BCUT2D eigenvalue weighted by Crippen LogP contribution is -2.19. The van der Waals surface area contributed by atoms with Gasteiger partial charge in [0.25, 0.3) is 0 Å². The zero-order valence-corrected chi connectivity index (χ0v) is 17.1. The first kappa shape index (κ1) is 20.6. The molecule has 1 aromatic heterocycles. The Balaban J connectivity index is 1.55. The standard InChI is InChI=1S/C19H21ClN4O3S/c1-13(14-7-9-15(20)10-8-14)27-11-16(25)12-28-19-21-22-23-24(19)17-5-3-4-6-18(17)26-2/h3-10,13,16,25H,11-12H2,1-2H3/t13-,16+/m0/s1. The number of hydrogen-bond donors (Lipinski definition) is 1. The molecule has 0 fully saturated rings. The van der Waals surface area contributed by atoms with Crippen molar-refractivity contribution in [1.82, 2.24) is 20.2 Å².